The number of halogens is 1. The van der Waals surface area contributed by atoms with Crippen molar-refractivity contribution in [3.63, 3.8) is 0 Å². The Hall–Kier alpha value is -1.92. The highest BCUT2D eigenvalue weighted by Gasteiger charge is 2.30. The van der Waals surface area contributed by atoms with Crippen molar-refractivity contribution >= 4 is 17.6 Å². The number of carbonyl (C=O) groups is 1. The van der Waals surface area contributed by atoms with E-state index in [0.717, 1.165) is 12.8 Å². The smallest absolute Gasteiger partial charge is 0.358 e. The Morgan fingerprint density at radius 1 is 1.40 bits per heavy atom. The zero-order valence-electron chi connectivity index (χ0n) is 10.5. The molecule has 0 bridgehead atoms. The van der Waals surface area contributed by atoms with Crippen LogP contribution in [0.3, 0.4) is 0 Å². The number of carboxylic acid groups (broad SMARTS) is 1. The molecule has 1 atom stereocenters. The van der Waals surface area contributed by atoms with Crippen molar-refractivity contribution in [1.82, 2.24) is 15.0 Å². The maximum Gasteiger partial charge on any atom is 0.358 e. The maximum absolute atomic E-state index is 11.3. The third-order valence-corrected chi connectivity index (χ3v) is 3.47. The summed E-state index contributed by atoms with van der Waals surface area (Å²) in [7, 11) is 0. The lowest BCUT2D eigenvalue weighted by Crippen LogP contribution is -2.11. The standard InChI is InChI=1S/C13H12ClN3O3/c14-8-3-5-9(6-4-8)17-12(10-2-1-7-20-10)11(13(18)19)15-16-17/h3-6,10H,1-2,7H2,(H,18,19)/t10-/m1/s1. The van der Waals surface area contributed by atoms with Crippen molar-refractivity contribution in [3.05, 3.63) is 40.7 Å². The van der Waals surface area contributed by atoms with E-state index in [-0.39, 0.29) is 11.8 Å². The second kappa shape index (κ2) is 5.22. The van der Waals surface area contributed by atoms with Gasteiger partial charge in [0, 0.05) is 11.6 Å². The number of hydrogen-bond acceptors (Lipinski definition) is 4. The van der Waals surface area contributed by atoms with Crippen molar-refractivity contribution in [1.29, 1.82) is 0 Å². The summed E-state index contributed by atoms with van der Waals surface area (Å²) in [5, 5.41) is 17.5. The number of aromatic nitrogens is 3. The number of carboxylic acids is 1. The van der Waals surface area contributed by atoms with Gasteiger partial charge in [0.25, 0.3) is 0 Å². The number of aromatic carboxylic acids is 1. The van der Waals surface area contributed by atoms with Crippen molar-refractivity contribution in [2.75, 3.05) is 6.61 Å². The average molecular weight is 294 g/mol. The highest BCUT2D eigenvalue weighted by Crippen LogP contribution is 2.31. The lowest BCUT2D eigenvalue weighted by Gasteiger charge is -2.12. The molecule has 7 heteroatoms. The molecule has 0 unspecified atom stereocenters. The van der Waals surface area contributed by atoms with Gasteiger partial charge >= 0.3 is 5.97 Å². The van der Waals surface area contributed by atoms with Crippen LogP contribution in [-0.4, -0.2) is 32.7 Å². The number of hydrogen-bond donors (Lipinski definition) is 1. The first-order chi connectivity index (χ1) is 9.66. The van der Waals surface area contributed by atoms with Crippen LogP contribution in [0, 0.1) is 0 Å². The summed E-state index contributed by atoms with van der Waals surface area (Å²) < 4.78 is 7.09. The molecular weight excluding hydrogens is 282 g/mol. The van der Waals surface area contributed by atoms with Crippen LogP contribution < -0.4 is 0 Å². The van der Waals surface area contributed by atoms with E-state index in [9.17, 15) is 9.90 Å². The van der Waals surface area contributed by atoms with E-state index in [1.165, 1.54) is 4.68 Å². The van der Waals surface area contributed by atoms with Crippen LogP contribution in [0.2, 0.25) is 5.02 Å². The zero-order chi connectivity index (χ0) is 14.1. The van der Waals surface area contributed by atoms with E-state index in [2.05, 4.69) is 10.3 Å². The number of ether oxygens (including phenoxy) is 1. The number of rotatable bonds is 3. The van der Waals surface area contributed by atoms with Crippen molar-refractivity contribution in [2.24, 2.45) is 0 Å². The highest BCUT2D eigenvalue weighted by molar-refractivity contribution is 6.30. The van der Waals surface area contributed by atoms with Gasteiger partial charge in [0.15, 0.2) is 5.69 Å². The van der Waals surface area contributed by atoms with Gasteiger partial charge in [-0.2, -0.15) is 0 Å². The molecule has 2 heterocycles. The fourth-order valence-corrected chi connectivity index (χ4v) is 2.42. The van der Waals surface area contributed by atoms with Crippen LogP contribution in [0.5, 0.6) is 0 Å². The van der Waals surface area contributed by atoms with Gasteiger partial charge in [0.05, 0.1) is 5.69 Å². The predicted molar refractivity (Wildman–Crippen MR) is 71.3 cm³/mol. The third-order valence-electron chi connectivity index (χ3n) is 3.21. The topological polar surface area (TPSA) is 77.2 Å². The average Bonchev–Trinajstić information content (AvgIpc) is 3.08. The van der Waals surface area contributed by atoms with Gasteiger partial charge in [0.2, 0.25) is 0 Å². The molecule has 1 fully saturated rings. The van der Waals surface area contributed by atoms with Gasteiger partial charge in [-0.1, -0.05) is 16.8 Å². The van der Waals surface area contributed by atoms with E-state index >= 15 is 0 Å². The van der Waals surface area contributed by atoms with Crippen LogP contribution in [0.15, 0.2) is 24.3 Å². The molecule has 1 aliphatic rings. The molecule has 0 amide bonds. The molecule has 20 heavy (non-hydrogen) atoms. The zero-order valence-corrected chi connectivity index (χ0v) is 11.2. The van der Waals surface area contributed by atoms with Gasteiger partial charge in [-0.05, 0) is 37.1 Å². The molecule has 1 aromatic heterocycles. The van der Waals surface area contributed by atoms with E-state index in [4.69, 9.17) is 16.3 Å². The molecular formula is C13H12ClN3O3. The molecule has 0 spiro atoms. The van der Waals surface area contributed by atoms with Crippen LogP contribution in [-0.2, 0) is 4.74 Å². The molecule has 1 N–H and O–H groups in total. The van der Waals surface area contributed by atoms with E-state index in [1.54, 1.807) is 24.3 Å². The largest absolute Gasteiger partial charge is 0.476 e. The Morgan fingerprint density at radius 2 is 2.15 bits per heavy atom. The van der Waals surface area contributed by atoms with Crippen LogP contribution in [0.1, 0.15) is 35.1 Å². The Kier molecular flexibility index (Phi) is 3.42. The van der Waals surface area contributed by atoms with Gasteiger partial charge in [-0.25, -0.2) is 9.48 Å². The first-order valence-electron chi connectivity index (χ1n) is 6.23. The molecule has 1 aromatic carbocycles. The van der Waals surface area contributed by atoms with Crippen molar-refractivity contribution < 1.29 is 14.6 Å². The minimum Gasteiger partial charge on any atom is -0.476 e. The van der Waals surface area contributed by atoms with Gasteiger partial charge < -0.3 is 9.84 Å². The van der Waals surface area contributed by atoms with Crippen LogP contribution >= 0.6 is 11.6 Å². The lowest BCUT2D eigenvalue weighted by atomic mass is 10.1. The Morgan fingerprint density at radius 3 is 2.75 bits per heavy atom. The first-order valence-corrected chi connectivity index (χ1v) is 6.61. The molecule has 1 aliphatic heterocycles. The normalized spacial score (nSPS) is 18.4. The second-order valence-electron chi connectivity index (χ2n) is 4.52. The summed E-state index contributed by atoms with van der Waals surface area (Å²) >= 11 is 5.86. The monoisotopic (exact) mass is 293 g/mol. The summed E-state index contributed by atoms with van der Waals surface area (Å²) in [4.78, 5) is 11.3. The highest BCUT2D eigenvalue weighted by atomic mass is 35.5. The number of nitrogens with zero attached hydrogens (tertiary/aromatic N) is 3. The molecule has 0 saturated carbocycles. The second-order valence-corrected chi connectivity index (χ2v) is 4.95. The van der Waals surface area contributed by atoms with E-state index in [1.807, 2.05) is 0 Å². The summed E-state index contributed by atoms with van der Waals surface area (Å²) in [6.45, 7) is 0.621. The van der Waals surface area contributed by atoms with Crippen molar-refractivity contribution in [2.45, 2.75) is 18.9 Å². The maximum atomic E-state index is 11.3. The molecule has 2 aromatic rings. The van der Waals surface area contributed by atoms with Gasteiger partial charge in [-0.3, -0.25) is 0 Å². The Bertz CT molecular complexity index is 633. The van der Waals surface area contributed by atoms with Crippen LogP contribution in [0.4, 0.5) is 0 Å². The van der Waals surface area contributed by atoms with Gasteiger partial charge in [0.1, 0.15) is 11.8 Å². The molecule has 3 rings (SSSR count). The Labute approximate surface area is 119 Å². The molecule has 6 nitrogen and oxygen atoms in total. The molecule has 104 valence electrons. The Balaban J connectivity index is 2.10. The van der Waals surface area contributed by atoms with E-state index < -0.39 is 5.97 Å². The van der Waals surface area contributed by atoms with Gasteiger partial charge in [-0.15, -0.1) is 5.10 Å². The number of benzene rings is 1. The third kappa shape index (κ3) is 2.28. The first kappa shape index (κ1) is 13.1. The fraction of sp³-hybridized carbons (Fsp3) is 0.308. The summed E-state index contributed by atoms with van der Waals surface area (Å²) in [6.07, 6.45) is 1.38. The van der Waals surface area contributed by atoms with E-state index in [0.29, 0.717) is 23.0 Å². The molecule has 1 saturated heterocycles. The minimum absolute atomic E-state index is 0.0631. The fourth-order valence-electron chi connectivity index (χ4n) is 2.30. The summed E-state index contributed by atoms with van der Waals surface area (Å²) in [6, 6.07) is 6.97. The SMILES string of the molecule is O=C(O)c1nnn(-c2ccc(Cl)cc2)c1[C@H]1CCCO1. The van der Waals surface area contributed by atoms with Crippen LogP contribution in [0.25, 0.3) is 5.69 Å². The lowest BCUT2D eigenvalue weighted by molar-refractivity contribution is 0.0673. The minimum atomic E-state index is -1.10. The molecule has 0 aliphatic carbocycles. The molecule has 0 radical (unpaired) electrons. The predicted octanol–water partition coefficient (Wildman–Crippen LogP) is 2.47. The quantitative estimate of drug-likeness (QED) is 0.940. The summed E-state index contributed by atoms with van der Waals surface area (Å²) in [5.74, 6) is -1.10. The summed E-state index contributed by atoms with van der Waals surface area (Å²) in [5.41, 5.74) is 1.13. The van der Waals surface area contributed by atoms with Crippen molar-refractivity contribution in [3.8, 4) is 5.69 Å².